The van der Waals surface area contributed by atoms with E-state index >= 15 is 0 Å². The van der Waals surface area contributed by atoms with E-state index in [0.29, 0.717) is 0 Å². The van der Waals surface area contributed by atoms with Crippen LogP contribution in [0.25, 0.3) is 0 Å². The Morgan fingerprint density at radius 1 is 1.50 bits per heavy atom. The summed E-state index contributed by atoms with van der Waals surface area (Å²) in [4.78, 5) is 0. The van der Waals surface area contributed by atoms with E-state index in [0.717, 1.165) is 24.5 Å². The van der Waals surface area contributed by atoms with Gasteiger partial charge in [0.2, 0.25) is 0 Å². The fraction of sp³-hybridized carbons (Fsp3) is 0.571. The lowest BCUT2D eigenvalue weighted by Crippen LogP contribution is -2.33. The molecule has 0 heterocycles. The van der Waals surface area contributed by atoms with Gasteiger partial charge in [-0.25, -0.2) is 0 Å². The normalized spacial score (nSPS) is 29.3. The molecule has 1 aliphatic carbocycles. The van der Waals surface area contributed by atoms with Crippen LogP contribution in [0.2, 0.25) is 0 Å². The number of hydrogen-bond donors (Lipinski definition) is 1. The molecule has 1 aromatic rings. The van der Waals surface area contributed by atoms with Crippen LogP contribution in [0.3, 0.4) is 0 Å². The molecule has 0 amide bonds. The number of ether oxygens (including phenoxy) is 1. The van der Waals surface area contributed by atoms with Crippen LogP contribution in [-0.2, 0) is 5.54 Å². The molecule has 1 fully saturated rings. The molecule has 0 bridgehead atoms. The number of rotatable bonds is 3. The van der Waals surface area contributed by atoms with Crippen LogP contribution in [-0.4, -0.2) is 7.11 Å². The first kappa shape index (κ1) is 11.5. The molecule has 2 rings (SSSR count). The molecule has 2 atom stereocenters. The van der Waals surface area contributed by atoms with Crippen molar-refractivity contribution in [2.45, 2.75) is 38.1 Å². The SMILES string of the molecule is CCC1CCC(N)(c2cccc(OC)c2)C1. The van der Waals surface area contributed by atoms with Crippen LogP contribution in [0, 0.1) is 5.92 Å². The summed E-state index contributed by atoms with van der Waals surface area (Å²) in [6.45, 7) is 2.25. The molecule has 1 aliphatic rings. The Labute approximate surface area is 97.8 Å². The molecule has 0 aliphatic heterocycles. The van der Waals surface area contributed by atoms with Gasteiger partial charge in [-0.3, -0.25) is 0 Å². The highest BCUT2D eigenvalue weighted by molar-refractivity contribution is 5.34. The van der Waals surface area contributed by atoms with Crippen molar-refractivity contribution in [3.8, 4) is 5.75 Å². The van der Waals surface area contributed by atoms with E-state index in [1.54, 1.807) is 7.11 Å². The second kappa shape index (κ2) is 4.46. The molecular formula is C14H21NO. The largest absolute Gasteiger partial charge is 0.497 e. The first-order chi connectivity index (χ1) is 7.68. The first-order valence-electron chi connectivity index (χ1n) is 6.11. The van der Waals surface area contributed by atoms with Gasteiger partial charge in [-0.05, 0) is 42.9 Å². The molecule has 2 nitrogen and oxygen atoms in total. The van der Waals surface area contributed by atoms with Gasteiger partial charge in [-0.1, -0.05) is 25.5 Å². The zero-order valence-corrected chi connectivity index (χ0v) is 10.2. The maximum absolute atomic E-state index is 6.51. The molecule has 2 N–H and O–H groups in total. The molecule has 0 spiro atoms. The van der Waals surface area contributed by atoms with Crippen molar-refractivity contribution in [1.29, 1.82) is 0 Å². The monoisotopic (exact) mass is 219 g/mol. The van der Waals surface area contributed by atoms with Gasteiger partial charge in [0.05, 0.1) is 7.11 Å². The lowest BCUT2D eigenvalue weighted by molar-refractivity contribution is 0.402. The third-order valence-corrected chi connectivity index (χ3v) is 3.87. The smallest absolute Gasteiger partial charge is 0.119 e. The fourth-order valence-corrected chi connectivity index (χ4v) is 2.72. The molecule has 2 heteroatoms. The van der Waals surface area contributed by atoms with Crippen LogP contribution < -0.4 is 10.5 Å². The predicted molar refractivity (Wildman–Crippen MR) is 66.5 cm³/mol. The third-order valence-electron chi connectivity index (χ3n) is 3.87. The van der Waals surface area contributed by atoms with E-state index < -0.39 is 0 Å². The molecule has 1 saturated carbocycles. The van der Waals surface area contributed by atoms with Crippen molar-refractivity contribution >= 4 is 0 Å². The Hall–Kier alpha value is -1.02. The van der Waals surface area contributed by atoms with E-state index in [2.05, 4.69) is 19.1 Å². The molecule has 88 valence electrons. The minimum absolute atomic E-state index is 0.130. The summed E-state index contributed by atoms with van der Waals surface area (Å²) in [5.74, 6) is 1.69. The summed E-state index contributed by atoms with van der Waals surface area (Å²) < 4.78 is 5.26. The van der Waals surface area contributed by atoms with Crippen LogP contribution in [0.4, 0.5) is 0 Å². The number of methoxy groups -OCH3 is 1. The maximum Gasteiger partial charge on any atom is 0.119 e. The first-order valence-corrected chi connectivity index (χ1v) is 6.11. The molecule has 0 radical (unpaired) electrons. The molecule has 0 saturated heterocycles. The van der Waals surface area contributed by atoms with E-state index in [4.69, 9.17) is 10.5 Å². The minimum atomic E-state index is -0.130. The topological polar surface area (TPSA) is 35.2 Å². The van der Waals surface area contributed by atoms with Crippen LogP contribution in [0.5, 0.6) is 5.75 Å². The van der Waals surface area contributed by atoms with Crippen LogP contribution in [0.15, 0.2) is 24.3 Å². The average Bonchev–Trinajstić information content (AvgIpc) is 2.73. The van der Waals surface area contributed by atoms with E-state index in [1.807, 2.05) is 12.1 Å². The van der Waals surface area contributed by atoms with E-state index in [-0.39, 0.29) is 5.54 Å². The molecule has 0 aromatic heterocycles. The second-order valence-electron chi connectivity index (χ2n) is 4.91. The highest BCUT2D eigenvalue weighted by Gasteiger charge is 2.36. The van der Waals surface area contributed by atoms with Gasteiger partial charge >= 0.3 is 0 Å². The zero-order valence-electron chi connectivity index (χ0n) is 10.2. The lowest BCUT2D eigenvalue weighted by atomic mass is 9.88. The summed E-state index contributed by atoms with van der Waals surface area (Å²) in [6.07, 6.45) is 4.70. The fourth-order valence-electron chi connectivity index (χ4n) is 2.72. The van der Waals surface area contributed by atoms with E-state index in [1.165, 1.54) is 18.4 Å². The Morgan fingerprint density at radius 2 is 2.31 bits per heavy atom. The number of nitrogens with two attached hydrogens (primary N) is 1. The van der Waals surface area contributed by atoms with Gasteiger partial charge in [0.1, 0.15) is 5.75 Å². The quantitative estimate of drug-likeness (QED) is 0.848. The van der Waals surface area contributed by atoms with Gasteiger partial charge in [0, 0.05) is 5.54 Å². The average molecular weight is 219 g/mol. The summed E-state index contributed by atoms with van der Waals surface area (Å²) in [7, 11) is 1.70. The van der Waals surface area contributed by atoms with Crippen LogP contribution in [0.1, 0.15) is 38.2 Å². The highest BCUT2D eigenvalue weighted by atomic mass is 16.5. The Balaban J connectivity index is 2.22. The summed E-state index contributed by atoms with van der Waals surface area (Å²) in [5, 5.41) is 0. The standard InChI is InChI=1S/C14H21NO/c1-3-11-7-8-14(15,10-11)12-5-4-6-13(9-12)16-2/h4-6,9,11H,3,7-8,10,15H2,1-2H3. The lowest BCUT2D eigenvalue weighted by Gasteiger charge is -2.25. The van der Waals surface area contributed by atoms with Gasteiger partial charge in [-0.15, -0.1) is 0 Å². The molecular weight excluding hydrogens is 198 g/mol. The third kappa shape index (κ3) is 2.07. The predicted octanol–water partition coefficient (Wildman–Crippen LogP) is 3.06. The van der Waals surface area contributed by atoms with Crippen LogP contribution >= 0.6 is 0 Å². The van der Waals surface area contributed by atoms with Gasteiger partial charge in [0.15, 0.2) is 0 Å². The van der Waals surface area contributed by atoms with E-state index in [9.17, 15) is 0 Å². The van der Waals surface area contributed by atoms with Crippen molar-refractivity contribution in [1.82, 2.24) is 0 Å². The molecule has 1 aromatic carbocycles. The minimum Gasteiger partial charge on any atom is -0.497 e. The van der Waals surface area contributed by atoms with Crippen molar-refractivity contribution in [2.24, 2.45) is 11.7 Å². The Bertz CT molecular complexity index is 364. The zero-order chi connectivity index (χ0) is 11.6. The van der Waals surface area contributed by atoms with Crippen molar-refractivity contribution in [3.05, 3.63) is 29.8 Å². The summed E-state index contributed by atoms with van der Waals surface area (Å²) >= 11 is 0. The van der Waals surface area contributed by atoms with Gasteiger partial charge in [-0.2, -0.15) is 0 Å². The Kier molecular flexibility index (Phi) is 3.20. The van der Waals surface area contributed by atoms with Gasteiger partial charge in [0.25, 0.3) is 0 Å². The van der Waals surface area contributed by atoms with Crippen molar-refractivity contribution in [3.63, 3.8) is 0 Å². The summed E-state index contributed by atoms with van der Waals surface area (Å²) in [5.41, 5.74) is 7.61. The maximum atomic E-state index is 6.51. The second-order valence-corrected chi connectivity index (χ2v) is 4.91. The Morgan fingerprint density at radius 3 is 2.94 bits per heavy atom. The molecule has 2 unspecified atom stereocenters. The molecule has 16 heavy (non-hydrogen) atoms. The number of hydrogen-bond acceptors (Lipinski definition) is 2. The summed E-state index contributed by atoms with van der Waals surface area (Å²) in [6, 6.07) is 8.21. The van der Waals surface area contributed by atoms with Crippen molar-refractivity contribution < 1.29 is 4.74 Å². The number of benzene rings is 1. The van der Waals surface area contributed by atoms with Crippen molar-refractivity contribution in [2.75, 3.05) is 7.11 Å². The van der Waals surface area contributed by atoms with Gasteiger partial charge < -0.3 is 10.5 Å². The highest BCUT2D eigenvalue weighted by Crippen LogP contribution is 2.41.